The smallest absolute Gasteiger partial charge is 0.145 e. The van der Waals surface area contributed by atoms with E-state index in [4.69, 9.17) is 10.6 Å². The molecule has 3 N–H and O–H groups in total. The fourth-order valence-electron chi connectivity index (χ4n) is 2.08. The lowest BCUT2D eigenvalue weighted by atomic mass is 9.98. The van der Waals surface area contributed by atoms with Crippen molar-refractivity contribution in [3.05, 3.63) is 63.6 Å². The van der Waals surface area contributed by atoms with Gasteiger partial charge in [-0.25, -0.2) is 14.2 Å². The Labute approximate surface area is 130 Å². The molecule has 0 aliphatic rings. The average Bonchev–Trinajstić information content (AvgIpc) is 2.49. The van der Waals surface area contributed by atoms with Crippen LogP contribution in [0.15, 0.2) is 40.9 Å². The van der Waals surface area contributed by atoms with Crippen LogP contribution in [0.2, 0.25) is 0 Å². The molecule has 112 valence electrons. The number of hydrazine groups is 1. The van der Waals surface area contributed by atoms with Crippen molar-refractivity contribution in [2.45, 2.75) is 13.0 Å². The second-order valence-corrected chi connectivity index (χ2v) is 5.21. The number of nitrogens with one attached hydrogen (secondary N) is 1. The Morgan fingerprint density at radius 2 is 1.86 bits per heavy atom. The molecular formula is C15H15BrF2N2O. The van der Waals surface area contributed by atoms with Crippen LogP contribution in [0.25, 0.3) is 0 Å². The summed E-state index contributed by atoms with van der Waals surface area (Å²) in [5.74, 6) is 4.84. The lowest BCUT2D eigenvalue weighted by Crippen LogP contribution is -2.30. The summed E-state index contributed by atoms with van der Waals surface area (Å²) in [5, 5.41) is 0. The molecule has 21 heavy (non-hydrogen) atoms. The first-order valence-electron chi connectivity index (χ1n) is 6.40. The second-order valence-electron chi connectivity index (χ2n) is 4.36. The number of halogens is 3. The van der Waals surface area contributed by atoms with Crippen LogP contribution in [0, 0.1) is 11.6 Å². The van der Waals surface area contributed by atoms with E-state index in [1.165, 1.54) is 12.1 Å². The minimum atomic E-state index is -0.793. The van der Waals surface area contributed by atoms with E-state index in [1.807, 2.05) is 6.92 Å². The highest BCUT2D eigenvalue weighted by atomic mass is 79.9. The molecule has 0 saturated carbocycles. The molecule has 0 bridgehead atoms. The molecule has 0 saturated heterocycles. The summed E-state index contributed by atoms with van der Waals surface area (Å²) >= 11 is 3.05. The number of ether oxygens (including phenoxy) is 1. The van der Waals surface area contributed by atoms with Gasteiger partial charge in [-0.3, -0.25) is 5.84 Å². The van der Waals surface area contributed by atoms with Crippen LogP contribution in [0.1, 0.15) is 24.1 Å². The van der Waals surface area contributed by atoms with E-state index in [-0.39, 0.29) is 10.0 Å². The third-order valence-corrected chi connectivity index (χ3v) is 3.67. The Bertz CT molecular complexity index is 620. The molecule has 1 atom stereocenters. The molecule has 6 heteroatoms. The molecule has 0 aromatic heterocycles. The third kappa shape index (κ3) is 3.40. The zero-order valence-corrected chi connectivity index (χ0v) is 13.0. The van der Waals surface area contributed by atoms with Crippen LogP contribution in [-0.2, 0) is 0 Å². The van der Waals surface area contributed by atoms with Crippen molar-refractivity contribution in [1.82, 2.24) is 5.43 Å². The van der Waals surface area contributed by atoms with Gasteiger partial charge in [0.15, 0.2) is 0 Å². The van der Waals surface area contributed by atoms with E-state index in [0.29, 0.717) is 17.9 Å². The van der Waals surface area contributed by atoms with Crippen molar-refractivity contribution < 1.29 is 13.5 Å². The maximum atomic E-state index is 14.2. The first-order valence-corrected chi connectivity index (χ1v) is 7.20. The van der Waals surface area contributed by atoms with Crippen LogP contribution in [0.3, 0.4) is 0 Å². The van der Waals surface area contributed by atoms with Crippen LogP contribution in [-0.4, -0.2) is 6.61 Å². The van der Waals surface area contributed by atoms with Gasteiger partial charge in [-0.15, -0.1) is 0 Å². The van der Waals surface area contributed by atoms with Gasteiger partial charge in [0.25, 0.3) is 0 Å². The molecule has 3 nitrogen and oxygen atoms in total. The van der Waals surface area contributed by atoms with Crippen molar-refractivity contribution in [2.24, 2.45) is 5.84 Å². The molecule has 0 heterocycles. The molecule has 0 spiro atoms. The maximum absolute atomic E-state index is 14.2. The highest BCUT2D eigenvalue weighted by molar-refractivity contribution is 9.10. The van der Waals surface area contributed by atoms with Gasteiger partial charge < -0.3 is 4.74 Å². The van der Waals surface area contributed by atoms with Crippen LogP contribution < -0.4 is 16.0 Å². The Balaban J connectivity index is 2.42. The molecule has 0 aliphatic carbocycles. The first kappa shape index (κ1) is 15.9. The first-order chi connectivity index (χ1) is 10.1. The van der Waals surface area contributed by atoms with Crippen molar-refractivity contribution in [3.63, 3.8) is 0 Å². The number of benzene rings is 2. The molecule has 0 fully saturated rings. The molecule has 0 amide bonds. The predicted octanol–water partition coefficient (Wildman–Crippen LogP) is 3.68. The minimum absolute atomic E-state index is 0.129. The third-order valence-electron chi connectivity index (χ3n) is 3.06. The fraction of sp³-hybridized carbons (Fsp3) is 0.200. The van der Waals surface area contributed by atoms with Gasteiger partial charge in [-0.2, -0.15) is 0 Å². The Morgan fingerprint density at radius 1 is 1.19 bits per heavy atom. The van der Waals surface area contributed by atoms with Gasteiger partial charge in [-0.1, -0.05) is 12.1 Å². The average molecular weight is 357 g/mol. The normalized spacial score (nSPS) is 12.2. The predicted molar refractivity (Wildman–Crippen MR) is 80.8 cm³/mol. The van der Waals surface area contributed by atoms with Gasteiger partial charge in [0, 0.05) is 5.56 Å². The highest BCUT2D eigenvalue weighted by Crippen LogP contribution is 2.31. The zero-order valence-electron chi connectivity index (χ0n) is 11.4. The van der Waals surface area contributed by atoms with Gasteiger partial charge in [0.2, 0.25) is 0 Å². The van der Waals surface area contributed by atoms with Crippen LogP contribution in [0.4, 0.5) is 8.78 Å². The molecule has 2 rings (SSSR count). The maximum Gasteiger partial charge on any atom is 0.145 e. The number of nitrogens with two attached hydrogens (primary N) is 1. The van der Waals surface area contributed by atoms with Crippen molar-refractivity contribution in [2.75, 3.05) is 6.61 Å². The van der Waals surface area contributed by atoms with E-state index in [0.717, 1.165) is 0 Å². The molecule has 0 aliphatic heterocycles. The molecule has 0 radical (unpaired) electrons. The number of hydrogen-bond donors (Lipinski definition) is 2. The summed E-state index contributed by atoms with van der Waals surface area (Å²) in [4.78, 5) is 0. The largest absolute Gasteiger partial charge is 0.494 e. The Kier molecular flexibility index (Phi) is 5.27. The summed E-state index contributed by atoms with van der Waals surface area (Å²) in [6.45, 7) is 2.43. The summed E-state index contributed by atoms with van der Waals surface area (Å²) in [5.41, 5.74) is 2.96. The molecule has 2 aromatic rings. The van der Waals surface area contributed by atoms with Crippen LogP contribution >= 0.6 is 15.9 Å². The Hall–Kier alpha value is -1.50. The van der Waals surface area contributed by atoms with Crippen LogP contribution in [0.5, 0.6) is 5.75 Å². The van der Waals surface area contributed by atoms with Gasteiger partial charge >= 0.3 is 0 Å². The van der Waals surface area contributed by atoms with E-state index in [1.54, 1.807) is 24.3 Å². The van der Waals surface area contributed by atoms with Crippen molar-refractivity contribution >= 4 is 15.9 Å². The van der Waals surface area contributed by atoms with E-state index in [9.17, 15) is 8.78 Å². The lowest BCUT2D eigenvalue weighted by molar-refractivity contribution is 0.340. The second kappa shape index (κ2) is 6.98. The molecular weight excluding hydrogens is 342 g/mol. The Morgan fingerprint density at radius 3 is 2.43 bits per heavy atom. The van der Waals surface area contributed by atoms with E-state index < -0.39 is 17.7 Å². The minimum Gasteiger partial charge on any atom is -0.494 e. The highest BCUT2D eigenvalue weighted by Gasteiger charge is 2.22. The summed E-state index contributed by atoms with van der Waals surface area (Å²) < 4.78 is 33.7. The van der Waals surface area contributed by atoms with E-state index >= 15 is 0 Å². The van der Waals surface area contributed by atoms with Gasteiger partial charge in [0.1, 0.15) is 17.4 Å². The summed E-state index contributed by atoms with van der Waals surface area (Å²) in [7, 11) is 0. The monoisotopic (exact) mass is 356 g/mol. The van der Waals surface area contributed by atoms with E-state index in [2.05, 4.69) is 21.4 Å². The summed E-state index contributed by atoms with van der Waals surface area (Å²) in [6.07, 6.45) is 0. The summed E-state index contributed by atoms with van der Waals surface area (Å²) in [6, 6.07) is 8.62. The molecule has 1 unspecified atom stereocenters. The molecule has 2 aromatic carbocycles. The standard InChI is InChI=1S/C15H15BrF2N2O/c1-2-21-10-5-3-9(4-6-10)15(20-19)13-12(17)8-7-11(16)14(13)18/h3-8,15,20H,2,19H2,1H3. The van der Waals surface area contributed by atoms with Gasteiger partial charge in [-0.05, 0) is 52.7 Å². The van der Waals surface area contributed by atoms with Crippen molar-refractivity contribution in [1.29, 1.82) is 0 Å². The topological polar surface area (TPSA) is 47.3 Å². The quantitative estimate of drug-likeness (QED) is 0.488. The number of hydrogen-bond acceptors (Lipinski definition) is 3. The van der Waals surface area contributed by atoms with Crippen molar-refractivity contribution in [3.8, 4) is 5.75 Å². The zero-order chi connectivity index (χ0) is 15.4. The fourth-order valence-corrected chi connectivity index (χ4v) is 2.42. The van der Waals surface area contributed by atoms with Gasteiger partial charge in [0.05, 0.1) is 17.1 Å². The SMILES string of the molecule is CCOc1ccc(C(NN)c2c(F)ccc(Br)c2F)cc1. The number of rotatable bonds is 5. The lowest BCUT2D eigenvalue weighted by Gasteiger charge is -2.19.